The number of nitrogens with zero attached hydrogens (tertiary/aromatic N) is 1. The fourth-order valence-electron chi connectivity index (χ4n) is 7.97. The average Bonchev–Trinajstić information content (AvgIpc) is 3.35. The first kappa shape index (κ1) is 33.7. The van der Waals surface area contributed by atoms with Gasteiger partial charge in [0, 0.05) is 17.6 Å². The van der Waals surface area contributed by atoms with Gasteiger partial charge >= 0.3 is 0 Å². The lowest BCUT2D eigenvalue weighted by atomic mass is 9.82. The predicted molar refractivity (Wildman–Crippen MR) is 185 cm³/mol. The summed E-state index contributed by atoms with van der Waals surface area (Å²) in [7, 11) is 0. The van der Waals surface area contributed by atoms with Gasteiger partial charge in [-0.25, -0.2) is 4.98 Å². The summed E-state index contributed by atoms with van der Waals surface area (Å²) in [4.78, 5) is 7.74. The second-order valence-corrected chi connectivity index (χ2v) is 14.6. The molecule has 2 heterocycles. The molecule has 0 radical (unpaired) electrons. The molecule has 2 fully saturated rings. The lowest BCUT2D eigenvalue weighted by Crippen LogP contribution is -2.19. The van der Waals surface area contributed by atoms with E-state index >= 15 is 0 Å². The summed E-state index contributed by atoms with van der Waals surface area (Å²) in [5.74, 6) is 1.99. The molecule has 0 spiro atoms. The van der Waals surface area contributed by atoms with E-state index in [4.69, 9.17) is 11.6 Å². The van der Waals surface area contributed by atoms with Crippen LogP contribution in [0.25, 0.3) is 11.0 Å². The molecule has 2 unspecified atom stereocenters. The number of anilines is 1. The molecule has 0 aliphatic heterocycles. The van der Waals surface area contributed by atoms with Crippen LogP contribution in [0.1, 0.15) is 180 Å². The minimum atomic E-state index is 0.541. The zero-order chi connectivity index (χ0) is 29.1. The number of nitrogens with one attached hydrogen (secondary N) is 2. The first-order valence-electron chi connectivity index (χ1n) is 18.7. The maximum absolute atomic E-state index is 6.37. The Morgan fingerprint density at radius 2 is 1.00 bits per heavy atom. The van der Waals surface area contributed by atoms with Crippen LogP contribution in [-0.2, 0) is 0 Å². The average molecular weight is 598 g/mol. The van der Waals surface area contributed by atoms with Gasteiger partial charge in [0.25, 0.3) is 0 Å². The molecule has 0 saturated heterocycles. The third-order valence-electron chi connectivity index (χ3n) is 10.6. The van der Waals surface area contributed by atoms with Crippen LogP contribution in [0.3, 0.4) is 0 Å². The molecule has 2 aliphatic rings. The number of fused-ring (bicyclic) bond motifs is 1. The fraction of sp³-hybridized carbons (Fsp3) is 0.816. The van der Waals surface area contributed by atoms with Gasteiger partial charge in [-0.3, -0.25) is 0 Å². The number of H-pyrrole nitrogens is 1. The van der Waals surface area contributed by atoms with Crippen molar-refractivity contribution < 1.29 is 0 Å². The predicted octanol–water partition coefficient (Wildman–Crippen LogP) is 13.2. The molecule has 2 atom stereocenters. The number of aromatic amines is 1. The molecule has 2 aromatic heterocycles. The van der Waals surface area contributed by atoms with Gasteiger partial charge in [0.15, 0.2) is 0 Å². The van der Waals surface area contributed by atoms with E-state index in [0.717, 1.165) is 33.6 Å². The molecular weight excluding hydrogens is 534 g/mol. The van der Waals surface area contributed by atoms with Crippen molar-refractivity contribution >= 4 is 28.3 Å². The summed E-state index contributed by atoms with van der Waals surface area (Å²) < 4.78 is 0. The van der Waals surface area contributed by atoms with E-state index in [0.29, 0.717) is 6.04 Å². The molecule has 0 aromatic carbocycles. The fourth-order valence-corrected chi connectivity index (χ4v) is 8.17. The van der Waals surface area contributed by atoms with Crippen molar-refractivity contribution in [1.82, 2.24) is 9.97 Å². The highest BCUT2D eigenvalue weighted by atomic mass is 35.5. The largest absolute Gasteiger partial charge is 0.381 e. The first-order chi connectivity index (χ1) is 20.8. The van der Waals surface area contributed by atoms with E-state index in [2.05, 4.69) is 21.4 Å². The monoisotopic (exact) mass is 597 g/mol. The van der Waals surface area contributed by atoms with Crippen molar-refractivity contribution in [2.45, 2.75) is 186 Å². The molecule has 3 nitrogen and oxygen atoms in total. The summed E-state index contributed by atoms with van der Waals surface area (Å²) in [5.41, 5.74) is 1.99. The number of hydrogen-bond acceptors (Lipinski definition) is 2. The third-order valence-corrected chi connectivity index (χ3v) is 10.9. The normalized spacial score (nSPS) is 25.1. The quantitative estimate of drug-likeness (QED) is 0.368. The van der Waals surface area contributed by atoms with Crippen LogP contribution in [0.2, 0.25) is 5.02 Å². The Hall–Kier alpha value is -1.22. The molecule has 4 rings (SSSR count). The third kappa shape index (κ3) is 13.2. The van der Waals surface area contributed by atoms with Gasteiger partial charge in [0.1, 0.15) is 5.65 Å². The number of halogens is 1. The zero-order valence-corrected chi connectivity index (χ0v) is 27.8. The molecule has 2 aromatic rings. The Bertz CT molecular complexity index is 939. The molecule has 0 amide bonds. The topological polar surface area (TPSA) is 40.7 Å². The van der Waals surface area contributed by atoms with Gasteiger partial charge in [0.05, 0.1) is 16.9 Å². The zero-order valence-electron chi connectivity index (χ0n) is 27.1. The summed E-state index contributed by atoms with van der Waals surface area (Å²) in [6, 6.07) is 2.71. The van der Waals surface area contributed by atoms with E-state index in [1.165, 1.54) is 180 Å². The number of aromatic nitrogens is 2. The molecular formula is C38H64ClN3. The number of rotatable bonds is 4. The molecule has 2 saturated carbocycles. The standard InChI is InChI=1S/C38H64ClN3/c39-37-31-41-38-36(37)29-35(30-40-38)42-34-26-20-13-9-12-18-24-33(25-19-14-15-21-27-34)28-32-22-16-10-7-5-3-1-2-4-6-8-11-17-23-32/h29-34,42H,1-28H2,(H,40,41). The van der Waals surface area contributed by atoms with Crippen LogP contribution in [0, 0.1) is 11.8 Å². The van der Waals surface area contributed by atoms with Gasteiger partial charge in [-0.05, 0) is 37.2 Å². The Labute approximate surface area is 264 Å². The number of pyridine rings is 1. The van der Waals surface area contributed by atoms with Crippen LogP contribution in [0.4, 0.5) is 5.69 Å². The second kappa shape index (κ2) is 20.7. The Morgan fingerprint density at radius 1 is 0.595 bits per heavy atom. The van der Waals surface area contributed by atoms with Gasteiger partial charge < -0.3 is 10.3 Å². The van der Waals surface area contributed by atoms with E-state index in [1.807, 2.05) is 12.4 Å². The van der Waals surface area contributed by atoms with Crippen molar-refractivity contribution in [3.63, 3.8) is 0 Å². The van der Waals surface area contributed by atoms with Crippen molar-refractivity contribution in [3.8, 4) is 0 Å². The minimum absolute atomic E-state index is 0.541. The van der Waals surface area contributed by atoms with E-state index in [9.17, 15) is 0 Å². The van der Waals surface area contributed by atoms with Gasteiger partial charge in [0.2, 0.25) is 0 Å². The maximum Gasteiger partial charge on any atom is 0.138 e. The summed E-state index contributed by atoms with van der Waals surface area (Å²) in [5, 5.41) is 5.61. The molecule has 2 aliphatic carbocycles. The molecule has 42 heavy (non-hydrogen) atoms. The van der Waals surface area contributed by atoms with E-state index in [-0.39, 0.29) is 0 Å². The van der Waals surface area contributed by atoms with Gasteiger partial charge in [-0.2, -0.15) is 0 Å². The highest BCUT2D eigenvalue weighted by Gasteiger charge is 2.18. The van der Waals surface area contributed by atoms with Crippen LogP contribution in [-0.4, -0.2) is 16.0 Å². The smallest absolute Gasteiger partial charge is 0.138 e. The van der Waals surface area contributed by atoms with Crippen LogP contribution in [0.15, 0.2) is 18.5 Å². The van der Waals surface area contributed by atoms with Gasteiger partial charge in [-0.15, -0.1) is 0 Å². The molecule has 4 heteroatoms. The molecule has 238 valence electrons. The lowest BCUT2D eigenvalue weighted by molar-refractivity contribution is 0.282. The highest BCUT2D eigenvalue weighted by Crippen LogP contribution is 2.32. The summed E-state index contributed by atoms with van der Waals surface area (Å²) in [6.45, 7) is 0. The van der Waals surface area contributed by atoms with Crippen LogP contribution >= 0.6 is 11.6 Å². The van der Waals surface area contributed by atoms with Crippen molar-refractivity contribution in [2.24, 2.45) is 11.8 Å². The lowest BCUT2D eigenvalue weighted by Gasteiger charge is -2.24. The van der Waals surface area contributed by atoms with Crippen LogP contribution < -0.4 is 5.32 Å². The summed E-state index contributed by atoms with van der Waals surface area (Å²) in [6.07, 6.45) is 44.4. The second-order valence-electron chi connectivity index (χ2n) is 14.2. The first-order valence-corrected chi connectivity index (χ1v) is 19.0. The highest BCUT2D eigenvalue weighted by molar-refractivity contribution is 6.35. The molecule has 2 N–H and O–H groups in total. The van der Waals surface area contributed by atoms with E-state index in [1.54, 1.807) is 0 Å². The van der Waals surface area contributed by atoms with E-state index < -0.39 is 0 Å². The maximum atomic E-state index is 6.37. The SMILES string of the molecule is Clc1c[nH]c2ncc(NC3CCCCCCCC(CC4CCCCCCCCCCCCCC4)CCCCCC3)cc12. The van der Waals surface area contributed by atoms with Crippen molar-refractivity contribution in [2.75, 3.05) is 5.32 Å². The van der Waals surface area contributed by atoms with Gasteiger partial charge in [-0.1, -0.05) is 172 Å². The van der Waals surface area contributed by atoms with Crippen LogP contribution in [0.5, 0.6) is 0 Å². The number of hydrogen-bond donors (Lipinski definition) is 2. The minimum Gasteiger partial charge on any atom is -0.381 e. The summed E-state index contributed by atoms with van der Waals surface area (Å²) >= 11 is 6.37. The Morgan fingerprint density at radius 3 is 1.45 bits per heavy atom. The Kier molecular flexibility index (Phi) is 16.6. The van der Waals surface area contributed by atoms with Crippen molar-refractivity contribution in [3.05, 3.63) is 23.5 Å². The molecule has 0 bridgehead atoms. The van der Waals surface area contributed by atoms with Crippen molar-refractivity contribution in [1.29, 1.82) is 0 Å². The Balaban J connectivity index is 1.23.